The number of benzene rings is 1. The van der Waals surface area contributed by atoms with Gasteiger partial charge in [0.25, 0.3) is 0 Å². The summed E-state index contributed by atoms with van der Waals surface area (Å²) in [6.07, 6.45) is 9.83. The standard InChI is InChI=1S/C21H31NO3/c1-2-3-15-24-19-11-9-17(10-12-19)21(23)25-20-13-14-22(16-20)18-7-5-4-6-8-18/h9-12,18,20H,2-8,13-16H2,1H3. The van der Waals surface area contributed by atoms with Crippen molar-refractivity contribution < 1.29 is 14.3 Å². The van der Waals surface area contributed by atoms with Crippen LogP contribution in [0.5, 0.6) is 5.75 Å². The quantitative estimate of drug-likeness (QED) is 0.541. The second kappa shape index (κ2) is 9.23. The Morgan fingerprint density at radius 2 is 1.88 bits per heavy atom. The van der Waals surface area contributed by atoms with Crippen molar-refractivity contribution >= 4 is 5.97 Å². The summed E-state index contributed by atoms with van der Waals surface area (Å²) in [6, 6.07) is 8.02. The van der Waals surface area contributed by atoms with Crippen molar-refractivity contribution in [2.24, 2.45) is 0 Å². The lowest BCUT2D eigenvalue weighted by atomic mass is 9.94. The molecule has 1 heterocycles. The molecular formula is C21H31NO3. The number of carbonyl (C=O) groups excluding carboxylic acids is 1. The molecule has 0 amide bonds. The predicted octanol–water partition coefficient (Wildman–Crippen LogP) is 4.43. The van der Waals surface area contributed by atoms with Gasteiger partial charge in [-0.15, -0.1) is 0 Å². The fourth-order valence-corrected chi connectivity index (χ4v) is 3.87. The lowest BCUT2D eigenvalue weighted by Crippen LogP contribution is -2.36. The number of hydrogen-bond acceptors (Lipinski definition) is 4. The smallest absolute Gasteiger partial charge is 0.338 e. The Morgan fingerprint density at radius 1 is 1.12 bits per heavy atom. The van der Waals surface area contributed by atoms with Crippen LogP contribution in [-0.4, -0.2) is 42.7 Å². The molecule has 4 nitrogen and oxygen atoms in total. The van der Waals surface area contributed by atoms with E-state index < -0.39 is 0 Å². The Bertz CT molecular complexity index is 537. The van der Waals surface area contributed by atoms with Gasteiger partial charge in [-0.1, -0.05) is 32.6 Å². The molecule has 1 saturated carbocycles. The summed E-state index contributed by atoms with van der Waals surface area (Å²) in [7, 11) is 0. The summed E-state index contributed by atoms with van der Waals surface area (Å²) in [4.78, 5) is 14.9. The Balaban J connectivity index is 1.45. The van der Waals surface area contributed by atoms with Gasteiger partial charge in [0.1, 0.15) is 11.9 Å². The maximum Gasteiger partial charge on any atom is 0.338 e. The maximum atomic E-state index is 12.4. The molecule has 2 aliphatic rings. The molecular weight excluding hydrogens is 314 g/mol. The van der Waals surface area contributed by atoms with Crippen LogP contribution in [0.3, 0.4) is 0 Å². The molecule has 1 aromatic carbocycles. The van der Waals surface area contributed by atoms with Crippen LogP contribution in [0, 0.1) is 0 Å². The number of hydrogen-bond donors (Lipinski definition) is 0. The first kappa shape index (κ1) is 18.2. The third kappa shape index (κ3) is 5.21. The number of esters is 1. The maximum absolute atomic E-state index is 12.4. The van der Waals surface area contributed by atoms with Crippen molar-refractivity contribution in [2.75, 3.05) is 19.7 Å². The van der Waals surface area contributed by atoms with E-state index in [0.29, 0.717) is 11.6 Å². The topological polar surface area (TPSA) is 38.8 Å². The number of carbonyl (C=O) groups is 1. The molecule has 4 heteroatoms. The van der Waals surface area contributed by atoms with E-state index in [9.17, 15) is 4.79 Å². The highest BCUT2D eigenvalue weighted by Crippen LogP contribution is 2.27. The summed E-state index contributed by atoms with van der Waals surface area (Å²) in [6.45, 7) is 4.82. The Labute approximate surface area is 151 Å². The highest BCUT2D eigenvalue weighted by molar-refractivity contribution is 5.89. The van der Waals surface area contributed by atoms with Gasteiger partial charge in [0, 0.05) is 19.1 Å². The molecule has 0 spiro atoms. The largest absolute Gasteiger partial charge is 0.494 e. The van der Waals surface area contributed by atoms with Crippen molar-refractivity contribution in [3.8, 4) is 5.75 Å². The van der Waals surface area contributed by atoms with Gasteiger partial charge in [-0.3, -0.25) is 4.90 Å². The molecule has 0 bridgehead atoms. The van der Waals surface area contributed by atoms with Gasteiger partial charge >= 0.3 is 5.97 Å². The van der Waals surface area contributed by atoms with Gasteiger partial charge < -0.3 is 9.47 Å². The normalized spacial score (nSPS) is 22.0. The molecule has 1 aliphatic carbocycles. The van der Waals surface area contributed by atoms with Crippen LogP contribution in [0.2, 0.25) is 0 Å². The molecule has 25 heavy (non-hydrogen) atoms. The highest BCUT2D eigenvalue weighted by atomic mass is 16.5. The first-order chi connectivity index (χ1) is 12.3. The monoisotopic (exact) mass is 345 g/mol. The highest BCUT2D eigenvalue weighted by Gasteiger charge is 2.31. The lowest BCUT2D eigenvalue weighted by Gasteiger charge is -2.30. The molecule has 1 unspecified atom stereocenters. The summed E-state index contributed by atoms with van der Waals surface area (Å²) in [5.41, 5.74) is 0.610. The van der Waals surface area contributed by atoms with Crippen molar-refractivity contribution in [2.45, 2.75) is 70.4 Å². The molecule has 0 N–H and O–H groups in total. The molecule has 138 valence electrons. The summed E-state index contributed by atoms with van der Waals surface area (Å²) >= 11 is 0. The molecule has 1 saturated heterocycles. The van der Waals surface area contributed by atoms with E-state index in [1.54, 1.807) is 12.1 Å². The molecule has 2 fully saturated rings. The van der Waals surface area contributed by atoms with E-state index in [2.05, 4.69) is 11.8 Å². The van der Waals surface area contributed by atoms with Crippen LogP contribution in [0.4, 0.5) is 0 Å². The average Bonchev–Trinajstić information content (AvgIpc) is 3.12. The fraction of sp³-hybridized carbons (Fsp3) is 0.667. The van der Waals surface area contributed by atoms with Crippen molar-refractivity contribution in [3.63, 3.8) is 0 Å². The van der Waals surface area contributed by atoms with Gasteiger partial charge in [-0.2, -0.15) is 0 Å². The molecule has 1 aliphatic heterocycles. The van der Waals surface area contributed by atoms with Crippen LogP contribution in [0.15, 0.2) is 24.3 Å². The van der Waals surface area contributed by atoms with Crippen molar-refractivity contribution in [1.29, 1.82) is 0 Å². The molecule has 1 atom stereocenters. The van der Waals surface area contributed by atoms with Crippen LogP contribution in [-0.2, 0) is 4.74 Å². The number of likely N-dealkylation sites (tertiary alicyclic amines) is 1. The minimum Gasteiger partial charge on any atom is -0.494 e. The summed E-state index contributed by atoms with van der Waals surface area (Å²) < 4.78 is 11.4. The first-order valence-electron chi connectivity index (χ1n) is 9.94. The lowest BCUT2D eigenvalue weighted by molar-refractivity contribution is 0.0305. The summed E-state index contributed by atoms with van der Waals surface area (Å²) in [5.74, 6) is 0.602. The Hall–Kier alpha value is -1.55. The van der Waals surface area contributed by atoms with Crippen molar-refractivity contribution in [1.82, 2.24) is 4.90 Å². The number of ether oxygens (including phenoxy) is 2. The van der Waals surface area contributed by atoms with Crippen LogP contribution >= 0.6 is 0 Å². The number of rotatable bonds is 7. The van der Waals surface area contributed by atoms with Crippen molar-refractivity contribution in [3.05, 3.63) is 29.8 Å². The van der Waals surface area contributed by atoms with Gasteiger partial charge in [-0.25, -0.2) is 4.79 Å². The average molecular weight is 345 g/mol. The SMILES string of the molecule is CCCCOc1ccc(C(=O)OC2CCN(C3CCCCC3)C2)cc1. The third-order valence-electron chi connectivity index (χ3n) is 5.40. The zero-order valence-corrected chi connectivity index (χ0v) is 15.4. The zero-order chi connectivity index (χ0) is 17.5. The minimum atomic E-state index is -0.212. The van der Waals surface area contributed by atoms with E-state index in [4.69, 9.17) is 9.47 Å². The number of unbranched alkanes of at least 4 members (excludes halogenated alkanes) is 1. The van der Waals surface area contributed by atoms with E-state index in [-0.39, 0.29) is 12.1 Å². The zero-order valence-electron chi connectivity index (χ0n) is 15.4. The van der Waals surface area contributed by atoms with Gasteiger partial charge in [0.05, 0.1) is 12.2 Å². The molecule has 1 aromatic rings. The second-order valence-corrected chi connectivity index (χ2v) is 7.33. The number of nitrogens with zero attached hydrogens (tertiary/aromatic N) is 1. The fourth-order valence-electron chi connectivity index (χ4n) is 3.87. The first-order valence-corrected chi connectivity index (χ1v) is 9.94. The van der Waals surface area contributed by atoms with Crippen LogP contribution < -0.4 is 4.74 Å². The van der Waals surface area contributed by atoms with Crippen LogP contribution in [0.1, 0.15) is 68.6 Å². The Kier molecular flexibility index (Phi) is 6.74. The van der Waals surface area contributed by atoms with Gasteiger partial charge in [0.15, 0.2) is 0 Å². The Morgan fingerprint density at radius 3 is 2.60 bits per heavy atom. The predicted molar refractivity (Wildman–Crippen MR) is 99.1 cm³/mol. The second-order valence-electron chi connectivity index (χ2n) is 7.33. The molecule has 0 aromatic heterocycles. The van der Waals surface area contributed by atoms with E-state index in [1.165, 1.54) is 32.1 Å². The van der Waals surface area contributed by atoms with E-state index in [1.807, 2.05) is 12.1 Å². The molecule has 0 radical (unpaired) electrons. The third-order valence-corrected chi connectivity index (χ3v) is 5.40. The van der Waals surface area contributed by atoms with Crippen LogP contribution in [0.25, 0.3) is 0 Å². The minimum absolute atomic E-state index is 0.0370. The summed E-state index contributed by atoms with van der Waals surface area (Å²) in [5, 5.41) is 0. The van der Waals surface area contributed by atoms with Gasteiger partial charge in [0.2, 0.25) is 0 Å². The molecule has 3 rings (SSSR count). The van der Waals surface area contributed by atoms with E-state index >= 15 is 0 Å². The van der Waals surface area contributed by atoms with E-state index in [0.717, 1.165) is 44.7 Å². The van der Waals surface area contributed by atoms with Gasteiger partial charge in [-0.05, 0) is 49.9 Å².